The summed E-state index contributed by atoms with van der Waals surface area (Å²) in [7, 11) is 1.30. The number of aromatic nitrogens is 4. The first-order valence-corrected chi connectivity index (χ1v) is 17.1. The van der Waals surface area contributed by atoms with Crippen molar-refractivity contribution in [2.45, 2.75) is 89.1 Å². The Morgan fingerprint density at radius 3 is 1.92 bits per heavy atom. The van der Waals surface area contributed by atoms with Gasteiger partial charge in [-0.25, -0.2) is 19.6 Å². The monoisotopic (exact) mass is 665 g/mol. The third-order valence-corrected chi connectivity index (χ3v) is 9.75. The van der Waals surface area contributed by atoms with E-state index >= 15 is 0 Å². The number of likely N-dealkylation sites (tertiary alicyclic amines) is 1. The van der Waals surface area contributed by atoms with E-state index in [0.717, 1.165) is 77.4 Å². The zero-order valence-electron chi connectivity index (χ0n) is 28.4. The van der Waals surface area contributed by atoms with Gasteiger partial charge in [-0.05, 0) is 81.5 Å². The van der Waals surface area contributed by atoms with E-state index in [1.54, 1.807) is 4.90 Å². The summed E-state index contributed by atoms with van der Waals surface area (Å²) in [5.41, 5.74) is 5.43. The van der Waals surface area contributed by atoms with Gasteiger partial charge in [-0.1, -0.05) is 48.5 Å². The Labute approximate surface area is 285 Å². The molecule has 0 radical (unpaired) electrons. The first-order valence-electron chi connectivity index (χ1n) is 17.1. The largest absolute Gasteiger partial charge is 0.453 e. The number of nitrogens with zero attached hydrogens (tertiary/aromatic N) is 4. The van der Waals surface area contributed by atoms with E-state index < -0.39 is 17.7 Å². The number of fused-ring (bicyclic) bond motifs is 1. The number of carbonyl (C=O) groups excluding carboxylic acids is 3. The van der Waals surface area contributed by atoms with Crippen LogP contribution in [0.3, 0.4) is 0 Å². The SMILES string of the molecule is COC(=O)N[C@H]1CC[C@@H]2CC[C@@H](c3ncc(-c4ccc(-c5ccc(-c6cnc([C@@H]7CCCN7C(=O)OC(C)(C)C)[nH]6)cc5)cc4)[nH]3)N2C1=O. The van der Waals surface area contributed by atoms with Gasteiger partial charge in [0.15, 0.2) is 0 Å². The summed E-state index contributed by atoms with van der Waals surface area (Å²) in [5, 5.41) is 2.68. The molecule has 3 fully saturated rings. The van der Waals surface area contributed by atoms with Gasteiger partial charge >= 0.3 is 12.2 Å². The summed E-state index contributed by atoms with van der Waals surface area (Å²) in [5.74, 6) is 1.45. The van der Waals surface area contributed by atoms with Gasteiger partial charge in [0.2, 0.25) is 5.91 Å². The van der Waals surface area contributed by atoms with Crippen molar-refractivity contribution >= 4 is 18.1 Å². The predicted molar refractivity (Wildman–Crippen MR) is 183 cm³/mol. The molecule has 49 heavy (non-hydrogen) atoms. The molecule has 0 bridgehead atoms. The topological polar surface area (TPSA) is 146 Å². The first-order chi connectivity index (χ1) is 23.6. The van der Waals surface area contributed by atoms with Gasteiger partial charge in [-0.3, -0.25) is 9.69 Å². The number of piperidine rings is 1. The van der Waals surface area contributed by atoms with Crippen LogP contribution in [0.5, 0.6) is 0 Å². The standard InChI is InChI=1S/C37H43N7O5/c1-37(2,3)49-36(47)43-19-5-6-30(43)32-38-20-28(40-32)24-11-7-22(8-12-24)23-9-13-25(14-10-23)29-21-39-33(41-29)31-18-16-26-15-17-27(34(45)44(26)31)42-35(46)48-4/h7-14,20-21,26-27,30-31H,5-6,15-19H2,1-4H3,(H,38,40)(H,39,41)(H,42,46)/t26-,27+,30+,31+/m1/s1. The van der Waals surface area contributed by atoms with Gasteiger partial charge in [0.1, 0.15) is 23.3 Å². The number of benzene rings is 2. The predicted octanol–water partition coefficient (Wildman–Crippen LogP) is 6.76. The van der Waals surface area contributed by atoms with Crippen LogP contribution in [-0.2, 0) is 14.3 Å². The summed E-state index contributed by atoms with van der Waals surface area (Å²) in [4.78, 5) is 57.8. The van der Waals surface area contributed by atoms with Crippen molar-refractivity contribution in [3.05, 3.63) is 72.6 Å². The van der Waals surface area contributed by atoms with Crippen molar-refractivity contribution in [1.29, 1.82) is 0 Å². The second-order valence-corrected chi connectivity index (χ2v) is 14.1. The van der Waals surface area contributed by atoms with Crippen LogP contribution >= 0.6 is 0 Å². The molecule has 4 atom stereocenters. The van der Waals surface area contributed by atoms with E-state index in [4.69, 9.17) is 9.47 Å². The number of ether oxygens (including phenoxy) is 2. The Hall–Kier alpha value is -5.13. The number of hydrogen-bond acceptors (Lipinski definition) is 7. The number of carbonyl (C=O) groups is 3. The Bertz CT molecular complexity index is 1820. The minimum Gasteiger partial charge on any atom is -0.453 e. The fourth-order valence-electron chi connectivity index (χ4n) is 7.35. The molecule has 12 heteroatoms. The number of H-pyrrole nitrogens is 2. The lowest BCUT2D eigenvalue weighted by Gasteiger charge is -2.37. The number of imidazole rings is 2. The summed E-state index contributed by atoms with van der Waals surface area (Å²) in [6, 6.07) is 16.0. The van der Waals surface area contributed by atoms with Crippen LogP contribution in [0.25, 0.3) is 33.6 Å². The molecule has 3 aliphatic heterocycles. The average Bonchev–Trinajstić information content (AvgIpc) is 3.91. The van der Waals surface area contributed by atoms with Crippen molar-refractivity contribution in [2.24, 2.45) is 0 Å². The molecule has 4 aromatic rings. The zero-order chi connectivity index (χ0) is 34.3. The number of nitrogens with one attached hydrogen (secondary N) is 3. The lowest BCUT2D eigenvalue weighted by Crippen LogP contribution is -2.54. The summed E-state index contributed by atoms with van der Waals surface area (Å²) in [6.45, 7) is 6.29. The van der Waals surface area contributed by atoms with Crippen molar-refractivity contribution in [3.8, 4) is 33.6 Å². The number of rotatable bonds is 6. The van der Waals surface area contributed by atoms with Crippen molar-refractivity contribution in [1.82, 2.24) is 35.1 Å². The van der Waals surface area contributed by atoms with E-state index in [9.17, 15) is 14.4 Å². The van der Waals surface area contributed by atoms with Gasteiger partial charge in [-0.15, -0.1) is 0 Å². The van der Waals surface area contributed by atoms with Gasteiger partial charge in [0.25, 0.3) is 0 Å². The molecule has 3 N–H and O–H groups in total. The quantitative estimate of drug-likeness (QED) is 0.206. The maximum atomic E-state index is 13.3. The van der Waals surface area contributed by atoms with Gasteiger partial charge < -0.3 is 29.7 Å². The molecule has 2 aromatic heterocycles. The summed E-state index contributed by atoms with van der Waals surface area (Å²) in [6.07, 6.45) is 7.70. The molecular weight excluding hydrogens is 622 g/mol. The van der Waals surface area contributed by atoms with Crippen molar-refractivity contribution in [3.63, 3.8) is 0 Å². The highest BCUT2D eigenvalue weighted by Crippen LogP contribution is 2.41. The molecule has 3 saturated heterocycles. The smallest absolute Gasteiger partial charge is 0.410 e. The molecule has 7 rings (SSSR count). The van der Waals surface area contributed by atoms with E-state index in [0.29, 0.717) is 13.0 Å². The Morgan fingerprint density at radius 1 is 0.796 bits per heavy atom. The third-order valence-electron chi connectivity index (χ3n) is 9.75. The number of methoxy groups -OCH3 is 1. The average molecular weight is 666 g/mol. The molecule has 3 amide bonds. The molecule has 0 spiro atoms. The Kier molecular flexibility index (Phi) is 8.64. The minimum absolute atomic E-state index is 0.0795. The van der Waals surface area contributed by atoms with Crippen LogP contribution in [0, 0.1) is 0 Å². The van der Waals surface area contributed by atoms with Crippen LogP contribution in [-0.4, -0.2) is 79.2 Å². The number of amides is 3. The summed E-state index contributed by atoms with van der Waals surface area (Å²) >= 11 is 0. The molecule has 12 nitrogen and oxygen atoms in total. The zero-order valence-corrected chi connectivity index (χ0v) is 28.4. The van der Waals surface area contributed by atoms with Crippen molar-refractivity contribution in [2.75, 3.05) is 13.7 Å². The maximum Gasteiger partial charge on any atom is 0.410 e. The molecule has 0 aliphatic carbocycles. The van der Waals surface area contributed by atoms with E-state index in [-0.39, 0.29) is 30.1 Å². The molecule has 256 valence electrons. The van der Waals surface area contributed by atoms with Crippen LogP contribution in [0.2, 0.25) is 0 Å². The minimum atomic E-state index is -0.590. The van der Waals surface area contributed by atoms with E-state index in [1.807, 2.05) is 38.1 Å². The highest BCUT2D eigenvalue weighted by molar-refractivity contribution is 5.87. The highest BCUT2D eigenvalue weighted by atomic mass is 16.6. The fraction of sp³-hybridized carbons (Fsp3) is 0.432. The molecule has 5 heterocycles. The summed E-state index contributed by atoms with van der Waals surface area (Å²) < 4.78 is 10.3. The number of aromatic amines is 2. The van der Waals surface area contributed by atoms with Gasteiger partial charge in [0, 0.05) is 12.6 Å². The maximum absolute atomic E-state index is 13.3. The second kappa shape index (κ2) is 13.1. The van der Waals surface area contributed by atoms with Crippen LogP contribution < -0.4 is 5.32 Å². The fourth-order valence-corrected chi connectivity index (χ4v) is 7.35. The molecule has 0 unspecified atom stereocenters. The third kappa shape index (κ3) is 6.64. The first kappa shape index (κ1) is 32.4. The number of hydrogen-bond donors (Lipinski definition) is 3. The molecule has 3 aliphatic rings. The lowest BCUT2D eigenvalue weighted by atomic mass is 9.98. The van der Waals surface area contributed by atoms with E-state index in [2.05, 4.69) is 73.8 Å². The Morgan fingerprint density at radius 2 is 1.35 bits per heavy atom. The van der Waals surface area contributed by atoms with Crippen molar-refractivity contribution < 1.29 is 23.9 Å². The second-order valence-electron chi connectivity index (χ2n) is 14.1. The molecule has 2 aromatic carbocycles. The molecular formula is C37H43N7O5. The Balaban J connectivity index is 1.01. The van der Waals surface area contributed by atoms with Gasteiger partial charge in [0.05, 0.1) is 43.0 Å². The number of alkyl carbamates (subject to hydrolysis) is 1. The van der Waals surface area contributed by atoms with Crippen LogP contribution in [0.4, 0.5) is 9.59 Å². The van der Waals surface area contributed by atoms with Crippen LogP contribution in [0.15, 0.2) is 60.9 Å². The molecule has 0 saturated carbocycles. The van der Waals surface area contributed by atoms with Gasteiger partial charge in [-0.2, -0.15) is 0 Å². The van der Waals surface area contributed by atoms with Crippen LogP contribution in [0.1, 0.15) is 83.0 Å². The highest BCUT2D eigenvalue weighted by Gasteiger charge is 2.45. The lowest BCUT2D eigenvalue weighted by molar-refractivity contribution is -0.139. The van der Waals surface area contributed by atoms with E-state index in [1.165, 1.54) is 7.11 Å². The normalized spacial score (nSPS) is 22.2.